The first-order valence-electron chi connectivity index (χ1n) is 7.41. The Hall–Kier alpha value is -3.55. The molecule has 0 spiro atoms. The number of hydrogen-bond donors (Lipinski definition) is 2. The van der Waals surface area contributed by atoms with Crippen molar-refractivity contribution in [3.8, 4) is 5.88 Å². The molecule has 0 aliphatic heterocycles. The van der Waals surface area contributed by atoms with Gasteiger partial charge in [0.2, 0.25) is 0 Å². The number of furan rings is 1. The molecule has 0 unspecified atom stereocenters. The van der Waals surface area contributed by atoms with Gasteiger partial charge in [0.15, 0.2) is 12.4 Å². The molecule has 3 aromatic rings. The van der Waals surface area contributed by atoms with Gasteiger partial charge in [-0.25, -0.2) is 0 Å². The predicted octanol–water partition coefficient (Wildman–Crippen LogP) is 2.85. The lowest BCUT2D eigenvalue weighted by Crippen LogP contribution is -2.20. The highest BCUT2D eigenvalue weighted by atomic mass is 16.5. The highest BCUT2D eigenvalue weighted by molar-refractivity contribution is 6.02. The number of carbonyl (C=O) groups is 2. The third-order valence-electron chi connectivity index (χ3n) is 3.13. The van der Waals surface area contributed by atoms with Crippen LogP contribution in [-0.2, 0) is 4.79 Å². The van der Waals surface area contributed by atoms with Crippen LogP contribution in [0.3, 0.4) is 0 Å². The summed E-state index contributed by atoms with van der Waals surface area (Å²) in [5, 5.41) is 8.99. The van der Waals surface area contributed by atoms with E-state index in [1.807, 2.05) is 0 Å². The summed E-state index contributed by atoms with van der Waals surface area (Å²) >= 11 is 0. The van der Waals surface area contributed by atoms with E-state index in [1.54, 1.807) is 49.4 Å². The summed E-state index contributed by atoms with van der Waals surface area (Å²) in [5.41, 5.74) is 1.15. The molecule has 0 aliphatic carbocycles. The van der Waals surface area contributed by atoms with E-state index in [9.17, 15) is 9.59 Å². The number of rotatable bonds is 6. The number of benzene rings is 1. The van der Waals surface area contributed by atoms with E-state index in [4.69, 9.17) is 13.7 Å². The quantitative estimate of drug-likeness (QED) is 0.714. The lowest BCUT2D eigenvalue weighted by atomic mass is 10.2. The van der Waals surface area contributed by atoms with Gasteiger partial charge in [0.25, 0.3) is 17.7 Å². The van der Waals surface area contributed by atoms with Crippen molar-refractivity contribution < 1.29 is 23.3 Å². The van der Waals surface area contributed by atoms with Gasteiger partial charge in [-0.3, -0.25) is 9.59 Å². The minimum absolute atomic E-state index is 0.192. The average molecular weight is 341 g/mol. The number of carbonyl (C=O) groups excluding carboxylic acids is 2. The van der Waals surface area contributed by atoms with Crippen molar-refractivity contribution in [2.24, 2.45) is 0 Å². The fourth-order valence-corrected chi connectivity index (χ4v) is 1.99. The van der Waals surface area contributed by atoms with Gasteiger partial charge in [0.1, 0.15) is 5.76 Å². The Kier molecular flexibility index (Phi) is 4.79. The van der Waals surface area contributed by atoms with E-state index >= 15 is 0 Å². The maximum absolute atomic E-state index is 11.9. The third kappa shape index (κ3) is 4.47. The van der Waals surface area contributed by atoms with Crippen LogP contribution < -0.4 is 15.4 Å². The Morgan fingerprint density at radius 2 is 1.84 bits per heavy atom. The average Bonchev–Trinajstić information content (AvgIpc) is 3.26. The first-order chi connectivity index (χ1) is 12.1. The summed E-state index contributed by atoms with van der Waals surface area (Å²) in [5.74, 6) is 0.384. The second kappa shape index (κ2) is 7.35. The number of anilines is 2. The molecule has 128 valence electrons. The van der Waals surface area contributed by atoms with Gasteiger partial charge in [0, 0.05) is 17.4 Å². The Morgan fingerprint density at radius 1 is 1.12 bits per heavy atom. The molecule has 3 rings (SSSR count). The van der Waals surface area contributed by atoms with E-state index in [-0.39, 0.29) is 30.1 Å². The fourth-order valence-electron chi connectivity index (χ4n) is 1.99. The second-order valence-corrected chi connectivity index (χ2v) is 5.12. The van der Waals surface area contributed by atoms with Crippen molar-refractivity contribution in [2.75, 3.05) is 17.2 Å². The molecule has 25 heavy (non-hydrogen) atoms. The third-order valence-corrected chi connectivity index (χ3v) is 3.13. The first-order valence-corrected chi connectivity index (χ1v) is 7.41. The molecule has 0 atom stereocenters. The molecule has 8 heteroatoms. The van der Waals surface area contributed by atoms with Crippen LogP contribution >= 0.6 is 0 Å². The first kappa shape index (κ1) is 16.3. The zero-order valence-electron chi connectivity index (χ0n) is 13.3. The maximum atomic E-state index is 11.9. The molecule has 0 saturated carbocycles. The highest BCUT2D eigenvalue weighted by Gasteiger charge is 2.09. The van der Waals surface area contributed by atoms with Gasteiger partial charge >= 0.3 is 0 Å². The van der Waals surface area contributed by atoms with E-state index in [0.717, 1.165) is 0 Å². The molecule has 2 N–H and O–H groups in total. The van der Waals surface area contributed by atoms with Gasteiger partial charge < -0.3 is 24.3 Å². The van der Waals surface area contributed by atoms with Crippen LogP contribution in [-0.4, -0.2) is 23.6 Å². The van der Waals surface area contributed by atoms with Crippen LogP contribution in [0.25, 0.3) is 0 Å². The largest absolute Gasteiger partial charge is 0.465 e. The fraction of sp³-hybridized carbons (Fsp3) is 0.118. The van der Waals surface area contributed by atoms with E-state index in [1.165, 1.54) is 6.26 Å². The number of hydrogen-bond acceptors (Lipinski definition) is 6. The smallest absolute Gasteiger partial charge is 0.291 e. The summed E-state index contributed by atoms with van der Waals surface area (Å²) in [6.07, 6.45) is 1.43. The number of ether oxygens (including phenoxy) is 1. The second-order valence-electron chi connectivity index (χ2n) is 5.12. The maximum Gasteiger partial charge on any atom is 0.291 e. The summed E-state index contributed by atoms with van der Waals surface area (Å²) in [7, 11) is 0. The molecule has 0 bridgehead atoms. The van der Waals surface area contributed by atoms with Crippen molar-refractivity contribution in [3.05, 3.63) is 60.2 Å². The van der Waals surface area contributed by atoms with Crippen LogP contribution in [0.2, 0.25) is 0 Å². The molecule has 0 saturated heterocycles. The molecule has 2 aromatic heterocycles. The van der Waals surface area contributed by atoms with Crippen LogP contribution in [0.4, 0.5) is 11.4 Å². The van der Waals surface area contributed by atoms with Crippen LogP contribution in [0.15, 0.2) is 57.7 Å². The lowest BCUT2D eigenvalue weighted by molar-refractivity contribution is -0.118. The molecule has 1 aromatic carbocycles. The molecular formula is C17H15N3O5. The van der Waals surface area contributed by atoms with Gasteiger partial charge in [-0.2, -0.15) is 0 Å². The highest BCUT2D eigenvalue weighted by Crippen LogP contribution is 2.15. The number of aryl methyl sites for hydroxylation is 1. The van der Waals surface area contributed by atoms with Gasteiger partial charge in [-0.15, -0.1) is 0 Å². The number of aromatic nitrogens is 1. The van der Waals surface area contributed by atoms with Crippen LogP contribution in [0.1, 0.15) is 16.3 Å². The van der Waals surface area contributed by atoms with E-state index < -0.39 is 0 Å². The topological polar surface area (TPSA) is 107 Å². The van der Waals surface area contributed by atoms with Crippen LogP contribution in [0, 0.1) is 6.92 Å². The number of nitrogens with one attached hydrogen (secondary N) is 2. The molecule has 2 amide bonds. The van der Waals surface area contributed by atoms with E-state index in [2.05, 4.69) is 15.8 Å². The van der Waals surface area contributed by atoms with E-state index in [0.29, 0.717) is 17.1 Å². The molecule has 8 nitrogen and oxygen atoms in total. The summed E-state index contributed by atoms with van der Waals surface area (Å²) in [6, 6.07) is 11.4. The number of amides is 2. The van der Waals surface area contributed by atoms with Crippen molar-refractivity contribution in [1.29, 1.82) is 0 Å². The Labute approximate surface area is 142 Å². The summed E-state index contributed by atoms with van der Waals surface area (Å²) in [4.78, 5) is 23.7. The van der Waals surface area contributed by atoms with Crippen LogP contribution in [0.5, 0.6) is 5.88 Å². The van der Waals surface area contributed by atoms with Crippen molar-refractivity contribution >= 4 is 23.2 Å². The SMILES string of the molecule is Cc1cc(OCC(=O)Nc2ccc(NC(=O)c3ccco3)cc2)no1. The van der Waals surface area contributed by atoms with Crippen molar-refractivity contribution in [1.82, 2.24) is 5.16 Å². The minimum Gasteiger partial charge on any atom is -0.465 e. The predicted molar refractivity (Wildman–Crippen MR) is 88.5 cm³/mol. The van der Waals surface area contributed by atoms with Gasteiger partial charge in [0.05, 0.1) is 6.26 Å². The molecule has 0 fully saturated rings. The zero-order valence-corrected chi connectivity index (χ0v) is 13.3. The summed E-state index contributed by atoms with van der Waals surface area (Å²) in [6.45, 7) is 1.54. The Balaban J connectivity index is 1.50. The van der Waals surface area contributed by atoms with Gasteiger partial charge in [-0.1, -0.05) is 0 Å². The summed E-state index contributed by atoms with van der Waals surface area (Å²) < 4.78 is 15.0. The minimum atomic E-state index is -0.349. The lowest BCUT2D eigenvalue weighted by Gasteiger charge is -2.07. The molecular weight excluding hydrogens is 326 g/mol. The molecule has 0 radical (unpaired) electrons. The number of nitrogens with zero attached hydrogens (tertiary/aromatic N) is 1. The Morgan fingerprint density at radius 3 is 2.44 bits per heavy atom. The molecule has 0 aliphatic rings. The van der Waals surface area contributed by atoms with Gasteiger partial charge in [-0.05, 0) is 48.5 Å². The Bertz CT molecular complexity index is 853. The molecule has 2 heterocycles. The van der Waals surface area contributed by atoms with Crippen molar-refractivity contribution in [2.45, 2.75) is 6.92 Å². The zero-order chi connectivity index (χ0) is 17.6. The standard InChI is InChI=1S/C17H15N3O5/c1-11-9-16(20-25-11)24-10-15(21)18-12-4-6-13(7-5-12)19-17(22)14-3-2-8-23-14/h2-9H,10H2,1H3,(H,18,21)(H,19,22). The van der Waals surface area contributed by atoms with Crippen molar-refractivity contribution in [3.63, 3.8) is 0 Å². The normalized spacial score (nSPS) is 10.3. The monoisotopic (exact) mass is 341 g/mol.